The number of anilines is 1. The summed E-state index contributed by atoms with van der Waals surface area (Å²) in [7, 11) is 0. The second-order valence-electron chi connectivity index (χ2n) is 4.71. The van der Waals surface area contributed by atoms with E-state index in [1.165, 1.54) is 19.1 Å². The molecule has 19 heavy (non-hydrogen) atoms. The zero-order chi connectivity index (χ0) is 14.0. The number of alkyl halides is 3. The van der Waals surface area contributed by atoms with Gasteiger partial charge in [-0.05, 0) is 37.6 Å². The van der Waals surface area contributed by atoms with Gasteiger partial charge in [0.05, 0.1) is 11.5 Å². The van der Waals surface area contributed by atoms with Gasteiger partial charge in [0.1, 0.15) is 0 Å². The van der Waals surface area contributed by atoms with Gasteiger partial charge < -0.3 is 10.6 Å². The second kappa shape index (κ2) is 5.21. The van der Waals surface area contributed by atoms with Crippen molar-refractivity contribution in [1.29, 1.82) is 0 Å². The first kappa shape index (κ1) is 13.9. The van der Waals surface area contributed by atoms with Gasteiger partial charge in [-0.2, -0.15) is 13.2 Å². The van der Waals surface area contributed by atoms with Gasteiger partial charge in [-0.15, -0.1) is 0 Å². The number of nitrogens with one attached hydrogen (secondary N) is 2. The Bertz CT molecular complexity index is 479. The molecule has 1 saturated heterocycles. The van der Waals surface area contributed by atoms with Gasteiger partial charge >= 0.3 is 6.18 Å². The Hall–Kier alpha value is -1.56. The number of benzene rings is 1. The van der Waals surface area contributed by atoms with E-state index in [1.54, 1.807) is 0 Å². The van der Waals surface area contributed by atoms with Gasteiger partial charge in [-0.25, -0.2) is 0 Å². The van der Waals surface area contributed by atoms with Gasteiger partial charge in [0.25, 0.3) is 0 Å². The monoisotopic (exact) mass is 272 g/mol. The molecule has 104 valence electrons. The maximum atomic E-state index is 12.7. The third kappa shape index (κ3) is 3.26. The molecule has 1 aliphatic rings. The smallest absolute Gasteiger partial charge is 0.326 e. The first-order chi connectivity index (χ1) is 8.88. The van der Waals surface area contributed by atoms with Crippen LogP contribution in [0.5, 0.6) is 0 Å². The number of amides is 1. The van der Waals surface area contributed by atoms with Gasteiger partial charge in [-0.1, -0.05) is 6.07 Å². The summed E-state index contributed by atoms with van der Waals surface area (Å²) < 4.78 is 38.2. The van der Waals surface area contributed by atoms with Crippen molar-refractivity contribution in [2.75, 3.05) is 18.4 Å². The summed E-state index contributed by atoms with van der Waals surface area (Å²) in [5.41, 5.74) is -0.377. The molecule has 1 atom stereocenters. The summed E-state index contributed by atoms with van der Waals surface area (Å²) in [5.74, 6) is -0.405. The van der Waals surface area contributed by atoms with Crippen LogP contribution in [0.2, 0.25) is 0 Å². The molecule has 1 unspecified atom stereocenters. The Morgan fingerprint density at radius 2 is 2.16 bits per heavy atom. The Kier molecular flexibility index (Phi) is 3.80. The highest BCUT2D eigenvalue weighted by Crippen LogP contribution is 2.33. The number of rotatable bonds is 2. The fourth-order valence-corrected chi connectivity index (χ4v) is 2.13. The number of aryl methyl sites for hydroxylation is 1. The molecule has 1 aliphatic heterocycles. The van der Waals surface area contributed by atoms with Crippen molar-refractivity contribution in [2.24, 2.45) is 5.92 Å². The van der Waals surface area contributed by atoms with Gasteiger partial charge in [-0.3, -0.25) is 4.79 Å². The molecule has 0 bridgehead atoms. The standard InChI is InChI=1S/C13H15F3N2O/c1-8-2-3-10(6-11(8)13(14,15)16)18-12(19)9-4-5-17-7-9/h2-3,6,9,17H,4-5,7H2,1H3,(H,18,19). The Balaban J connectivity index is 2.15. The number of carbonyl (C=O) groups excluding carboxylic acids is 1. The van der Waals surface area contributed by atoms with Crippen molar-refractivity contribution < 1.29 is 18.0 Å². The summed E-state index contributed by atoms with van der Waals surface area (Å²) in [4.78, 5) is 11.8. The van der Waals surface area contributed by atoms with Crippen LogP contribution in [0.3, 0.4) is 0 Å². The SMILES string of the molecule is Cc1ccc(NC(=O)C2CCNC2)cc1C(F)(F)F. The third-order valence-corrected chi connectivity index (χ3v) is 3.24. The first-order valence-corrected chi connectivity index (χ1v) is 6.07. The molecule has 2 rings (SSSR count). The lowest BCUT2D eigenvalue weighted by molar-refractivity contribution is -0.138. The molecule has 0 spiro atoms. The summed E-state index contributed by atoms with van der Waals surface area (Å²) in [5, 5.41) is 5.59. The third-order valence-electron chi connectivity index (χ3n) is 3.24. The molecule has 0 aromatic heterocycles. The summed E-state index contributed by atoms with van der Waals surface area (Å²) in [6, 6.07) is 3.84. The Morgan fingerprint density at radius 1 is 1.42 bits per heavy atom. The van der Waals surface area contributed by atoms with Crippen LogP contribution >= 0.6 is 0 Å². The van der Waals surface area contributed by atoms with Crippen molar-refractivity contribution in [3.63, 3.8) is 0 Å². The van der Waals surface area contributed by atoms with Crippen LogP contribution in [0, 0.1) is 12.8 Å². The molecule has 1 fully saturated rings. The highest BCUT2D eigenvalue weighted by atomic mass is 19.4. The minimum Gasteiger partial charge on any atom is -0.326 e. The van der Waals surface area contributed by atoms with E-state index in [4.69, 9.17) is 0 Å². The minimum absolute atomic E-state index is 0.146. The predicted octanol–water partition coefficient (Wildman–Crippen LogP) is 2.56. The zero-order valence-corrected chi connectivity index (χ0v) is 10.5. The molecular formula is C13H15F3N2O. The van der Waals surface area contributed by atoms with Gasteiger partial charge in [0.2, 0.25) is 5.91 Å². The molecule has 1 heterocycles. The molecule has 3 nitrogen and oxygen atoms in total. The van der Waals surface area contributed by atoms with Gasteiger partial charge in [0, 0.05) is 12.2 Å². The number of halogens is 3. The molecule has 0 saturated carbocycles. The topological polar surface area (TPSA) is 41.1 Å². The number of hydrogen-bond acceptors (Lipinski definition) is 2. The Labute approximate surface area is 109 Å². The largest absolute Gasteiger partial charge is 0.416 e. The first-order valence-electron chi connectivity index (χ1n) is 6.07. The van der Waals surface area contributed by atoms with Crippen molar-refractivity contribution in [2.45, 2.75) is 19.5 Å². The lowest BCUT2D eigenvalue weighted by Gasteiger charge is -2.14. The van der Waals surface area contributed by atoms with E-state index in [0.717, 1.165) is 12.6 Å². The van der Waals surface area contributed by atoms with E-state index in [-0.39, 0.29) is 23.1 Å². The maximum absolute atomic E-state index is 12.7. The van der Waals surface area contributed by atoms with Crippen LogP contribution in [-0.2, 0) is 11.0 Å². The molecular weight excluding hydrogens is 257 g/mol. The van der Waals surface area contributed by atoms with Crippen molar-refractivity contribution >= 4 is 11.6 Å². The van der Waals surface area contributed by atoms with Crippen LogP contribution in [-0.4, -0.2) is 19.0 Å². The quantitative estimate of drug-likeness (QED) is 0.868. The molecule has 2 N–H and O–H groups in total. The number of carbonyl (C=O) groups is 1. The predicted molar refractivity (Wildman–Crippen MR) is 65.8 cm³/mol. The molecule has 0 radical (unpaired) electrons. The average Bonchev–Trinajstić information content (AvgIpc) is 2.83. The van der Waals surface area contributed by atoms with Crippen LogP contribution in [0.15, 0.2) is 18.2 Å². The highest BCUT2D eigenvalue weighted by molar-refractivity contribution is 5.93. The Morgan fingerprint density at radius 3 is 2.74 bits per heavy atom. The van der Waals surface area contributed by atoms with E-state index in [2.05, 4.69) is 10.6 Å². The van der Waals surface area contributed by atoms with Crippen LogP contribution < -0.4 is 10.6 Å². The zero-order valence-electron chi connectivity index (χ0n) is 10.5. The molecule has 1 aromatic rings. The lowest BCUT2D eigenvalue weighted by atomic mass is 10.1. The molecule has 1 aromatic carbocycles. The van der Waals surface area contributed by atoms with E-state index >= 15 is 0 Å². The lowest BCUT2D eigenvalue weighted by Crippen LogP contribution is -2.24. The average molecular weight is 272 g/mol. The van der Waals surface area contributed by atoms with E-state index in [9.17, 15) is 18.0 Å². The van der Waals surface area contributed by atoms with E-state index in [1.807, 2.05) is 0 Å². The highest BCUT2D eigenvalue weighted by Gasteiger charge is 2.32. The summed E-state index contributed by atoms with van der Waals surface area (Å²) in [6.07, 6.45) is -3.69. The van der Waals surface area contributed by atoms with Crippen molar-refractivity contribution in [1.82, 2.24) is 5.32 Å². The normalized spacial score (nSPS) is 19.5. The van der Waals surface area contributed by atoms with Crippen LogP contribution in [0.4, 0.5) is 18.9 Å². The maximum Gasteiger partial charge on any atom is 0.416 e. The summed E-state index contributed by atoms with van der Waals surface area (Å²) >= 11 is 0. The molecule has 1 amide bonds. The van der Waals surface area contributed by atoms with E-state index < -0.39 is 11.7 Å². The van der Waals surface area contributed by atoms with Crippen LogP contribution in [0.1, 0.15) is 17.5 Å². The fraction of sp³-hybridized carbons (Fsp3) is 0.462. The molecule has 6 heteroatoms. The van der Waals surface area contributed by atoms with Gasteiger partial charge in [0.15, 0.2) is 0 Å². The number of hydrogen-bond donors (Lipinski definition) is 2. The fourth-order valence-electron chi connectivity index (χ4n) is 2.13. The van der Waals surface area contributed by atoms with Crippen molar-refractivity contribution in [3.8, 4) is 0 Å². The second-order valence-corrected chi connectivity index (χ2v) is 4.71. The van der Waals surface area contributed by atoms with Crippen molar-refractivity contribution in [3.05, 3.63) is 29.3 Å². The summed E-state index contributed by atoms with van der Waals surface area (Å²) in [6.45, 7) is 2.74. The van der Waals surface area contributed by atoms with E-state index in [0.29, 0.717) is 13.0 Å². The minimum atomic E-state index is -4.40. The molecule has 0 aliphatic carbocycles. The van der Waals surface area contributed by atoms with Crippen LogP contribution in [0.25, 0.3) is 0 Å².